The van der Waals surface area contributed by atoms with E-state index < -0.39 is 0 Å². The summed E-state index contributed by atoms with van der Waals surface area (Å²) in [6, 6.07) is 3.60. The van der Waals surface area contributed by atoms with Gasteiger partial charge in [-0.3, -0.25) is 13.8 Å². The summed E-state index contributed by atoms with van der Waals surface area (Å²) in [6.45, 7) is 0.313. The highest BCUT2D eigenvalue weighted by atomic mass is 35.5. The van der Waals surface area contributed by atoms with Gasteiger partial charge in [0.1, 0.15) is 4.83 Å². The highest BCUT2D eigenvalue weighted by molar-refractivity contribution is 7.18. The average Bonchev–Trinajstić information content (AvgIpc) is 3.25. The van der Waals surface area contributed by atoms with Crippen LogP contribution in [-0.4, -0.2) is 24.1 Å². The molecule has 24 heavy (non-hydrogen) atoms. The van der Waals surface area contributed by atoms with Gasteiger partial charge in [-0.05, 0) is 37.0 Å². The maximum absolute atomic E-state index is 12.9. The van der Waals surface area contributed by atoms with Crippen LogP contribution in [0.4, 0.5) is 0 Å². The van der Waals surface area contributed by atoms with Gasteiger partial charge in [-0.2, -0.15) is 0 Å². The van der Waals surface area contributed by atoms with Crippen LogP contribution in [0.3, 0.4) is 0 Å². The third-order valence-corrected chi connectivity index (χ3v) is 5.96. The number of thiophene rings is 1. The Morgan fingerprint density at radius 3 is 3.12 bits per heavy atom. The normalized spacial score (nSPS) is 13.9. The Labute approximate surface area is 145 Å². The molecule has 0 amide bonds. The van der Waals surface area contributed by atoms with E-state index in [0.29, 0.717) is 23.0 Å². The van der Waals surface area contributed by atoms with Gasteiger partial charge < -0.3 is 0 Å². The molecule has 0 fully saturated rings. The molecule has 0 bridgehead atoms. The number of fused-ring (bicyclic) bond motifs is 4. The van der Waals surface area contributed by atoms with E-state index in [1.165, 1.54) is 10.4 Å². The predicted octanol–water partition coefficient (Wildman–Crippen LogP) is 2.69. The fraction of sp³-hybridized carbons (Fsp3) is 0.250. The molecule has 4 heterocycles. The molecule has 8 heteroatoms. The second kappa shape index (κ2) is 5.12. The molecule has 0 aromatic carbocycles. The van der Waals surface area contributed by atoms with E-state index in [0.717, 1.165) is 29.5 Å². The van der Waals surface area contributed by atoms with Gasteiger partial charge in [0.25, 0.3) is 5.56 Å². The molecular weight excluding hydrogens is 346 g/mol. The highest BCUT2D eigenvalue weighted by Gasteiger charge is 2.21. The smallest absolute Gasteiger partial charge is 0.262 e. The van der Waals surface area contributed by atoms with Crippen molar-refractivity contribution in [2.75, 3.05) is 0 Å². The lowest BCUT2D eigenvalue weighted by Crippen LogP contribution is -2.22. The van der Waals surface area contributed by atoms with E-state index in [-0.39, 0.29) is 5.56 Å². The quantitative estimate of drug-likeness (QED) is 0.553. The topological polar surface area (TPSA) is 65.1 Å². The van der Waals surface area contributed by atoms with Gasteiger partial charge in [0.2, 0.25) is 0 Å². The van der Waals surface area contributed by atoms with Crippen molar-refractivity contribution in [3.05, 3.63) is 56.3 Å². The molecule has 120 valence electrons. The van der Waals surface area contributed by atoms with Gasteiger partial charge in [-0.15, -0.1) is 21.5 Å². The van der Waals surface area contributed by atoms with Crippen LogP contribution in [0.1, 0.15) is 22.7 Å². The predicted molar refractivity (Wildman–Crippen MR) is 93.0 cm³/mol. The Bertz CT molecular complexity index is 1160. The van der Waals surface area contributed by atoms with Crippen LogP contribution in [0.5, 0.6) is 0 Å². The van der Waals surface area contributed by atoms with Crippen molar-refractivity contribution in [3.63, 3.8) is 0 Å². The molecule has 0 aliphatic heterocycles. The number of halogens is 1. The molecule has 1 aliphatic carbocycles. The van der Waals surface area contributed by atoms with Crippen LogP contribution in [0, 0.1) is 0 Å². The minimum atomic E-state index is -0.00169. The summed E-state index contributed by atoms with van der Waals surface area (Å²) in [4.78, 5) is 19.6. The maximum Gasteiger partial charge on any atom is 0.262 e. The minimum absolute atomic E-state index is 0.00169. The molecule has 0 spiro atoms. The van der Waals surface area contributed by atoms with Gasteiger partial charge in [0.15, 0.2) is 11.5 Å². The van der Waals surface area contributed by atoms with Crippen LogP contribution >= 0.6 is 22.9 Å². The molecular formula is C16H12ClN5OS. The van der Waals surface area contributed by atoms with E-state index in [1.807, 2.05) is 12.3 Å². The fourth-order valence-electron chi connectivity index (χ4n) is 3.32. The molecule has 0 radical (unpaired) electrons. The number of aromatic nitrogens is 5. The third kappa shape index (κ3) is 1.94. The van der Waals surface area contributed by atoms with Gasteiger partial charge in [-0.1, -0.05) is 11.6 Å². The van der Waals surface area contributed by atoms with Crippen molar-refractivity contribution in [3.8, 4) is 0 Å². The van der Waals surface area contributed by atoms with Crippen molar-refractivity contribution in [1.82, 2.24) is 24.1 Å². The first-order valence-corrected chi connectivity index (χ1v) is 8.89. The van der Waals surface area contributed by atoms with Gasteiger partial charge >= 0.3 is 0 Å². The number of rotatable bonds is 2. The fourth-order valence-corrected chi connectivity index (χ4v) is 4.74. The summed E-state index contributed by atoms with van der Waals surface area (Å²) in [5.74, 6) is 0.655. The number of hydrogen-bond donors (Lipinski definition) is 0. The Hall–Kier alpha value is -2.25. The van der Waals surface area contributed by atoms with E-state index in [9.17, 15) is 4.79 Å². The second-order valence-corrected chi connectivity index (χ2v) is 7.37. The zero-order chi connectivity index (χ0) is 16.3. The summed E-state index contributed by atoms with van der Waals surface area (Å²) >= 11 is 7.78. The minimum Gasteiger partial charge on any atom is -0.291 e. The Kier molecular flexibility index (Phi) is 3.01. The van der Waals surface area contributed by atoms with Gasteiger partial charge in [0.05, 0.1) is 23.3 Å². The number of nitrogens with zero attached hydrogens (tertiary/aromatic N) is 5. The van der Waals surface area contributed by atoms with Crippen molar-refractivity contribution in [2.45, 2.75) is 25.8 Å². The summed E-state index contributed by atoms with van der Waals surface area (Å²) in [5, 5.41) is 9.59. The van der Waals surface area contributed by atoms with Gasteiger partial charge in [0, 0.05) is 11.1 Å². The zero-order valence-electron chi connectivity index (χ0n) is 12.6. The van der Waals surface area contributed by atoms with Crippen LogP contribution in [-0.2, 0) is 19.4 Å². The number of hydrogen-bond acceptors (Lipinski definition) is 5. The monoisotopic (exact) mass is 357 g/mol. The SMILES string of the molecule is O=c1c2c3c(sc2ncn1Cc1nnc2c(Cl)cccn12)CCC3. The lowest BCUT2D eigenvalue weighted by Gasteiger charge is -2.05. The number of aryl methyl sites for hydroxylation is 2. The van der Waals surface area contributed by atoms with Crippen LogP contribution < -0.4 is 5.56 Å². The third-order valence-electron chi connectivity index (χ3n) is 4.46. The van der Waals surface area contributed by atoms with Crippen LogP contribution in [0.15, 0.2) is 29.5 Å². The second-order valence-electron chi connectivity index (χ2n) is 5.88. The van der Waals surface area contributed by atoms with Crippen molar-refractivity contribution in [2.24, 2.45) is 0 Å². The van der Waals surface area contributed by atoms with Crippen molar-refractivity contribution < 1.29 is 0 Å². The first-order valence-electron chi connectivity index (χ1n) is 7.70. The Morgan fingerprint density at radius 2 is 2.21 bits per heavy atom. The first kappa shape index (κ1) is 14.1. The van der Waals surface area contributed by atoms with Gasteiger partial charge in [-0.25, -0.2) is 4.98 Å². The lowest BCUT2D eigenvalue weighted by atomic mass is 10.2. The average molecular weight is 358 g/mol. The first-order chi connectivity index (χ1) is 11.7. The van der Waals surface area contributed by atoms with Crippen molar-refractivity contribution in [1.29, 1.82) is 0 Å². The molecule has 0 atom stereocenters. The summed E-state index contributed by atoms with van der Waals surface area (Å²) in [6.07, 6.45) is 6.60. The molecule has 0 saturated heterocycles. The molecule has 0 N–H and O–H groups in total. The molecule has 5 rings (SSSR count). The summed E-state index contributed by atoms with van der Waals surface area (Å²) in [5.41, 5.74) is 1.78. The Morgan fingerprint density at radius 1 is 1.29 bits per heavy atom. The molecule has 4 aromatic rings. The molecule has 6 nitrogen and oxygen atoms in total. The standard InChI is InChI=1S/C16H12ClN5OS/c17-10-4-2-6-22-12(19-20-14(10)22)7-21-8-18-15-13(16(21)23)9-3-1-5-11(9)24-15/h2,4,6,8H,1,3,5,7H2. The molecule has 0 saturated carbocycles. The van der Waals surface area contributed by atoms with E-state index in [2.05, 4.69) is 15.2 Å². The van der Waals surface area contributed by atoms with Crippen LogP contribution in [0.2, 0.25) is 5.02 Å². The van der Waals surface area contributed by atoms with E-state index in [4.69, 9.17) is 11.6 Å². The molecule has 0 unspecified atom stereocenters. The van der Waals surface area contributed by atoms with E-state index >= 15 is 0 Å². The molecule has 4 aromatic heterocycles. The van der Waals surface area contributed by atoms with Crippen LogP contribution in [0.25, 0.3) is 15.9 Å². The van der Waals surface area contributed by atoms with E-state index in [1.54, 1.807) is 32.7 Å². The zero-order valence-corrected chi connectivity index (χ0v) is 14.1. The Balaban J connectivity index is 1.65. The molecule has 1 aliphatic rings. The summed E-state index contributed by atoms with van der Waals surface area (Å²) < 4.78 is 3.40. The van der Waals surface area contributed by atoms with Crippen molar-refractivity contribution >= 4 is 38.8 Å². The number of pyridine rings is 1. The lowest BCUT2D eigenvalue weighted by molar-refractivity contribution is 0.698. The largest absolute Gasteiger partial charge is 0.291 e. The highest BCUT2D eigenvalue weighted by Crippen LogP contribution is 2.34. The summed E-state index contributed by atoms with van der Waals surface area (Å²) in [7, 11) is 0. The maximum atomic E-state index is 12.9.